The van der Waals surface area contributed by atoms with Crippen molar-refractivity contribution in [3.8, 4) is 0 Å². The van der Waals surface area contributed by atoms with Gasteiger partial charge in [-0.15, -0.1) is 0 Å². The lowest BCUT2D eigenvalue weighted by atomic mass is 10.2. The molecule has 0 aromatic rings. The Balaban J connectivity index is 3.85. The van der Waals surface area contributed by atoms with Crippen molar-refractivity contribution in [2.75, 3.05) is 7.05 Å². The van der Waals surface area contributed by atoms with Crippen LogP contribution in [0.25, 0.3) is 0 Å². The Hall–Kier alpha value is -0.650. The molecule has 0 aromatic heterocycles. The predicted octanol–water partition coefficient (Wildman–Crippen LogP) is -1.46. The summed E-state index contributed by atoms with van der Waals surface area (Å²) in [6.07, 6.45) is -0.912. The lowest BCUT2D eigenvalue weighted by Gasteiger charge is -2.15. The van der Waals surface area contributed by atoms with Crippen molar-refractivity contribution in [1.82, 2.24) is 10.9 Å². The van der Waals surface area contributed by atoms with Crippen molar-refractivity contribution < 1.29 is 15.0 Å². The molecule has 10 heavy (non-hydrogen) atoms. The fraction of sp³-hybridized carbons (Fsp3) is 0.800. The van der Waals surface area contributed by atoms with Gasteiger partial charge in [-0.1, -0.05) is 0 Å². The second-order valence-corrected chi connectivity index (χ2v) is 1.95. The van der Waals surface area contributed by atoms with E-state index in [1.54, 1.807) is 7.05 Å². The number of hydrogen-bond acceptors (Lipinski definition) is 4. The Bertz CT molecular complexity index is 115. The third-order valence-corrected chi connectivity index (χ3v) is 1.05. The van der Waals surface area contributed by atoms with E-state index in [0.29, 0.717) is 0 Å². The van der Waals surface area contributed by atoms with E-state index in [1.807, 2.05) is 0 Å². The number of hydrazine groups is 1. The highest BCUT2D eigenvalue weighted by atomic mass is 16.4. The molecule has 4 N–H and O–H groups in total. The molecule has 0 rings (SSSR count). The van der Waals surface area contributed by atoms with Crippen LogP contribution in [-0.4, -0.2) is 35.4 Å². The maximum Gasteiger partial charge on any atom is 0.324 e. The molecule has 0 radical (unpaired) electrons. The zero-order valence-electron chi connectivity index (χ0n) is 5.96. The first-order chi connectivity index (χ1) is 4.59. The summed E-state index contributed by atoms with van der Waals surface area (Å²) < 4.78 is 0. The van der Waals surface area contributed by atoms with Crippen LogP contribution in [0.15, 0.2) is 0 Å². The molecule has 0 amide bonds. The van der Waals surface area contributed by atoms with Gasteiger partial charge in [0.1, 0.15) is 6.04 Å². The molecule has 0 fully saturated rings. The third kappa shape index (κ3) is 2.77. The molecule has 0 aromatic carbocycles. The van der Waals surface area contributed by atoms with Crippen LogP contribution >= 0.6 is 0 Å². The monoisotopic (exact) mass is 148 g/mol. The fourth-order valence-corrected chi connectivity index (χ4v) is 0.544. The maximum atomic E-state index is 10.3. The second-order valence-electron chi connectivity index (χ2n) is 1.95. The van der Waals surface area contributed by atoms with Gasteiger partial charge < -0.3 is 10.2 Å². The van der Waals surface area contributed by atoms with Crippen molar-refractivity contribution in [2.24, 2.45) is 0 Å². The van der Waals surface area contributed by atoms with Crippen LogP contribution < -0.4 is 10.9 Å². The number of aliphatic hydroxyl groups is 1. The number of nitrogens with one attached hydrogen (secondary N) is 2. The van der Waals surface area contributed by atoms with E-state index >= 15 is 0 Å². The van der Waals surface area contributed by atoms with Gasteiger partial charge in [-0.3, -0.25) is 10.2 Å². The molecule has 0 unspecified atom stereocenters. The first kappa shape index (κ1) is 9.35. The number of carbonyl (C=O) groups is 1. The smallest absolute Gasteiger partial charge is 0.324 e. The summed E-state index contributed by atoms with van der Waals surface area (Å²) in [6, 6.07) is -0.954. The molecule has 0 saturated carbocycles. The minimum atomic E-state index is -1.08. The molecule has 0 aliphatic rings. The Morgan fingerprint density at radius 3 is 2.20 bits per heavy atom. The lowest BCUT2D eigenvalue weighted by molar-refractivity contribution is -0.142. The highest BCUT2D eigenvalue weighted by Crippen LogP contribution is 1.89. The van der Waals surface area contributed by atoms with Crippen molar-refractivity contribution >= 4 is 5.97 Å². The van der Waals surface area contributed by atoms with E-state index in [1.165, 1.54) is 6.92 Å². The van der Waals surface area contributed by atoms with Crippen molar-refractivity contribution in [3.05, 3.63) is 0 Å². The molecule has 2 atom stereocenters. The summed E-state index contributed by atoms with van der Waals surface area (Å²) in [5.41, 5.74) is 4.82. The lowest BCUT2D eigenvalue weighted by Crippen LogP contribution is -2.49. The SMILES string of the molecule is CNN[C@H](C(=O)O)[C@@H](C)O. The van der Waals surface area contributed by atoms with Gasteiger partial charge >= 0.3 is 5.97 Å². The first-order valence-electron chi connectivity index (χ1n) is 2.92. The zero-order valence-corrected chi connectivity index (χ0v) is 5.96. The minimum Gasteiger partial charge on any atom is -0.480 e. The van der Waals surface area contributed by atoms with Crippen LogP contribution in [0.5, 0.6) is 0 Å². The van der Waals surface area contributed by atoms with E-state index in [9.17, 15) is 4.79 Å². The van der Waals surface area contributed by atoms with Crippen LogP contribution in [0.4, 0.5) is 0 Å². The van der Waals surface area contributed by atoms with E-state index in [0.717, 1.165) is 0 Å². The van der Waals surface area contributed by atoms with Crippen molar-refractivity contribution in [1.29, 1.82) is 0 Å². The molecule has 60 valence electrons. The van der Waals surface area contributed by atoms with Gasteiger partial charge in [0, 0.05) is 0 Å². The van der Waals surface area contributed by atoms with Gasteiger partial charge in [0.2, 0.25) is 0 Å². The Kier molecular flexibility index (Phi) is 3.94. The van der Waals surface area contributed by atoms with E-state index in [4.69, 9.17) is 10.2 Å². The van der Waals surface area contributed by atoms with E-state index in [-0.39, 0.29) is 0 Å². The molecule has 5 nitrogen and oxygen atoms in total. The molecular formula is C5H12N2O3. The first-order valence-corrected chi connectivity index (χ1v) is 2.92. The largest absolute Gasteiger partial charge is 0.480 e. The number of carboxylic acids is 1. The van der Waals surface area contributed by atoms with Crippen LogP contribution in [0, 0.1) is 0 Å². The van der Waals surface area contributed by atoms with Crippen LogP contribution in [0.3, 0.4) is 0 Å². The molecule has 0 saturated heterocycles. The number of aliphatic hydroxyl groups excluding tert-OH is 1. The number of aliphatic carboxylic acids is 1. The third-order valence-electron chi connectivity index (χ3n) is 1.05. The van der Waals surface area contributed by atoms with Crippen LogP contribution in [0.2, 0.25) is 0 Å². The van der Waals surface area contributed by atoms with E-state index < -0.39 is 18.1 Å². The molecular weight excluding hydrogens is 136 g/mol. The van der Waals surface area contributed by atoms with Gasteiger partial charge in [-0.25, -0.2) is 5.43 Å². The van der Waals surface area contributed by atoms with E-state index in [2.05, 4.69) is 10.9 Å². The average Bonchev–Trinajstić information content (AvgIpc) is 1.81. The van der Waals surface area contributed by atoms with Gasteiger partial charge in [0.15, 0.2) is 0 Å². The quantitative estimate of drug-likeness (QED) is 0.366. The Labute approximate surface area is 59.0 Å². The highest BCUT2D eigenvalue weighted by molar-refractivity contribution is 5.74. The van der Waals surface area contributed by atoms with Crippen LogP contribution in [0.1, 0.15) is 6.92 Å². The van der Waals surface area contributed by atoms with Crippen molar-refractivity contribution in [2.45, 2.75) is 19.1 Å². The Morgan fingerprint density at radius 1 is 1.60 bits per heavy atom. The summed E-state index contributed by atoms with van der Waals surface area (Å²) in [5.74, 6) is -1.08. The number of hydrogen-bond donors (Lipinski definition) is 4. The standard InChI is InChI=1S/C5H12N2O3/c1-3(8)4(5(9)10)7-6-2/h3-4,6-8H,1-2H3,(H,9,10)/t3-,4+/m1/s1. The summed E-state index contributed by atoms with van der Waals surface area (Å²) in [6.45, 7) is 1.41. The number of carboxylic acid groups (broad SMARTS) is 1. The Morgan fingerprint density at radius 2 is 2.10 bits per heavy atom. The van der Waals surface area contributed by atoms with Gasteiger partial charge in [-0.2, -0.15) is 0 Å². The van der Waals surface area contributed by atoms with Gasteiger partial charge in [-0.05, 0) is 14.0 Å². The fourth-order valence-electron chi connectivity index (χ4n) is 0.544. The minimum absolute atomic E-state index is 0.912. The normalized spacial score (nSPS) is 16.3. The van der Waals surface area contributed by atoms with Crippen LogP contribution in [-0.2, 0) is 4.79 Å². The highest BCUT2D eigenvalue weighted by Gasteiger charge is 2.21. The van der Waals surface area contributed by atoms with Crippen molar-refractivity contribution in [3.63, 3.8) is 0 Å². The molecule has 5 heteroatoms. The summed E-state index contributed by atoms with van der Waals surface area (Å²) in [5, 5.41) is 17.2. The summed E-state index contributed by atoms with van der Waals surface area (Å²) in [7, 11) is 1.54. The molecule has 0 spiro atoms. The molecule has 0 aliphatic heterocycles. The maximum absolute atomic E-state index is 10.3. The number of rotatable bonds is 4. The summed E-state index contributed by atoms with van der Waals surface area (Å²) in [4.78, 5) is 10.3. The summed E-state index contributed by atoms with van der Waals surface area (Å²) >= 11 is 0. The van der Waals surface area contributed by atoms with Gasteiger partial charge in [0.05, 0.1) is 6.10 Å². The zero-order chi connectivity index (χ0) is 8.15. The second kappa shape index (κ2) is 4.21. The average molecular weight is 148 g/mol. The van der Waals surface area contributed by atoms with Gasteiger partial charge in [0.25, 0.3) is 0 Å². The molecule has 0 heterocycles. The molecule has 0 aliphatic carbocycles. The predicted molar refractivity (Wildman–Crippen MR) is 35.3 cm³/mol. The topological polar surface area (TPSA) is 81.6 Å². The molecule has 0 bridgehead atoms.